The molecule has 26 heavy (non-hydrogen) atoms. The van der Waals surface area contributed by atoms with Crippen LogP contribution in [0, 0.1) is 17.7 Å². The number of nitrogens with two attached hydrogens (primary N) is 1. The standard InChI is InChI=1S/C19H28FN3O2.ClH/c1-12(2)10-16(21)19(25)22-14-8-9-15(20)17(11-14)23-18(24)13-6-4-3-5-7-13;/h8-9,11-13,16H,3-7,10,21H2,1-2H3,(H,22,25)(H,23,24);1H/t16-;/m0./s1. The Bertz CT molecular complexity index is 619. The highest BCUT2D eigenvalue weighted by molar-refractivity contribution is 5.97. The summed E-state index contributed by atoms with van der Waals surface area (Å²) in [6, 6.07) is 3.52. The molecule has 0 unspecified atom stereocenters. The summed E-state index contributed by atoms with van der Waals surface area (Å²) in [7, 11) is 0. The third kappa shape index (κ3) is 6.57. The van der Waals surface area contributed by atoms with Gasteiger partial charge < -0.3 is 16.4 Å². The summed E-state index contributed by atoms with van der Waals surface area (Å²) in [5.74, 6) is -0.748. The predicted octanol–water partition coefficient (Wildman–Crippen LogP) is 4.08. The Morgan fingerprint density at radius 1 is 1.19 bits per heavy atom. The maximum atomic E-state index is 14.0. The summed E-state index contributed by atoms with van der Waals surface area (Å²) in [6.45, 7) is 3.98. The van der Waals surface area contributed by atoms with Gasteiger partial charge in [0.05, 0.1) is 11.7 Å². The number of carbonyl (C=O) groups is 2. The zero-order valence-corrected chi connectivity index (χ0v) is 16.2. The number of benzene rings is 1. The molecule has 0 aromatic heterocycles. The van der Waals surface area contributed by atoms with Crippen molar-refractivity contribution in [1.82, 2.24) is 0 Å². The smallest absolute Gasteiger partial charge is 0.241 e. The van der Waals surface area contributed by atoms with Gasteiger partial charge in [-0.15, -0.1) is 12.4 Å². The van der Waals surface area contributed by atoms with Crippen LogP contribution in [0.15, 0.2) is 18.2 Å². The van der Waals surface area contributed by atoms with E-state index < -0.39 is 11.9 Å². The van der Waals surface area contributed by atoms with Gasteiger partial charge in [0.15, 0.2) is 0 Å². The maximum Gasteiger partial charge on any atom is 0.241 e. The van der Waals surface area contributed by atoms with Crippen molar-refractivity contribution in [1.29, 1.82) is 0 Å². The molecule has 0 saturated heterocycles. The molecule has 0 radical (unpaired) electrons. The number of hydrogen-bond donors (Lipinski definition) is 3. The first-order valence-electron chi connectivity index (χ1n) is 9.03. The Balaban J connectivity index is 0.00000338. The van der Waals surface area contributed by atoms with E-state index in [1.807, 2.05) is 13.8 Å². The zero-order chi connectivity index (χ0) is 18.4. The molecule has 1 saturated carbocycles. The molecular formula is C19H29ClFN3O2. The summed E-state index contributed by atoms with van der Waals surface area (Å²) in [5, 5.41) is 5.34. The van der Waals surface area contributed by atoms with Crippen LogP contribution < -0.4 is 16.4 Å². The SMILES string of the molecule is CC(C)C[C@H](N)C(=O)Nc1ccc(F)c(NC(=O)C2CCCCC2)c1.Cl. The lowest BCUT2D eigenvalue weighted by Crippen LogP contribution is -2.36. The third-order valence-corrected chi connectivity index (χ3v) is 4.53. The van der Waals surface area contributed by atoms with Crippen LogP contribution in [0.25, 0.3) is 0 Å². The Morgan fingerprint density at radius 2 is 1.85 bits per heavy atom. The van der Waals surface area contributed by atoms with Crippen molar-refractivity contribution >= 4 is 35.6 Å². The first-order chi connectivity index (χ1) is 11.9. The van der Waals surface area contributed by atoms with Gasteiger partial charge in [0.25, 0.3) is 0 Å². The fourth-order valence-electron chi connectivity index (χ4n) is 3.15. The Labute approximate surface area is 160 Å². The fourth-order valence-corrected chi connectivity index (χ4v) is 3.15. The highest BCUT2D eigenvalue weighted by Gasteiger charge is 2.22. The fraction of sp³-hybridized carbons (Fsp3) is 0.579. The lowest BCUT2D eigenvalue weighted by atomic mass is 9.88. The molecule has 146 valence electrons. The summed E-state index contributed by atoms with van der Waals surface area (Å²) in [5.41, 5.74) is 6.37. The summed E-state index contributed by atoms with van der Waals surface area (Å²) >= 11 is 0. The van der Waals surface area contributed by atoms with Crippen molar-refractivity contribution < 1.29 is 14.0 Å². The van der Waals surface area contributed by atoms with Crippen LogP contribution in [0.1, 0.15) is 52.4 Å². The van der Waals surface area contributed by atoms with Gasteiger partial charge in [-0.3, -0.25) is 9.59 Å². The van der Waals surface area contributed by atoms with Gasteiger partial charge in [0.2, 0.25) is 11.8 Å². The third-order valence-electron chi connectivity index (χ3n) is 4.53. The lowest BCUT2D eigenvalue weighted by molar-refractivity contribution is -0.120. The molecule has 2 amide bonds. The molecule has 0 heterocycles. The molecule has 1 aromatic rings. The van der Waals surface area contributed by atoms with E-state index in [-0.39, 0.29) is 35.8 Å². The van der Waals surface area contributed by atoms with Crippen LogP contribution in [0.3, 0.4) is 0 Å². The molecular weight excluding hydrogens is 357 g/mol. The van der Waals surface area contributed by atoms with Crippen LogP contribution in [-0.4, -0.2) is 17.9 Å². The average Bonchev–Trinajstić information content (AvgIpc) is 2.58. The second-order valence-corrected chi connectivity index (χ2v) is 7.24. The minimum Gasteiger partial charge on any atom is -0.325 e. The van der Waals surface area contributed by atoms with Crippen molar-refractivity contribution in [3.05, 3.63) is 24.0 Å². The molecule has 0 bridgehead atoms. The molecule has 4 N–H and O–H groups in total. The molecule has 0 spiro atoms. The molecule has 1 aliphatic carbocycles. The quantitative estimate of drug-likeness (QED) is 0.689. The van der Waals surface area contributed by atoms with E-state index in [9.17, 15) is 14.0 Å². The molecule has 1 aliphatic rings. The van der Waals surface area contributed by atoms with Crippen LogP contribution >= 0.6 is 12.4 Å². The summed E-state index contributed by atoms with van der Waals surface area (Å²) < 4.78 is 14.0. The van der Waals surface area contributed by atoms with Gasteiger partial charge in [-0.2, -0.15) is 0 Å². The van der Waals surface area contributed by atoms with Crippen molar-refractivity contribution in [3.63, 3.8) is 0 Å². The molecule has 5 nitrogen and oxygen atoms in total. The number of amides is 2. The molecule has 1 atom stereocenters. The first kappa shape index (κ1) is 22.4. The average molecular weight is 386 g/mol. The topological polar surface area (TPSA) is 84.2 Å². The van der Waals surface area contributed by atoms with Crippen LogP contribution in [-0.2, 0) is 9.59 Å². The number of anilines is 2. The highest BCUT2D eigenvalue weighted by Crippen LogP contribution is 2.26. The second-order valence-electron chi connectivity index (χ2n) is 7.24. The second kappa shape index (κ2) is 10.5. The van der Waals surface area contributed by atoms with E-state index >= 15 is 0 Å². The Hall–Kier alpha value is -1.66. The van der Waals surface area contributed by atoms with Gasteiger partial charge in [-0.25, -0.2) is 4.39 Å². The number of halogens is 2. The highest BCUT2D eigenvalue weighted by atomic mass is 35.5. The van der Waals surface area contributed by atoms with Crippen LogP contribution in [0.4, 0.5) is 15.8 Å². The van der Waals surface area contributed by atoms with E-state index in [0.717, 1.165) is 32.1 Å². The van der Waals surface area contributed by atoms with E-state index in [1.54, 1.807) is 0 Å². The van der Waals surface area contributed by atoms with Gasteiger partial charge in [-0.1, -0.05) is 33.1 Å². The van der Waals surface area contributed by atoms with Crippen LogP contribution in [0.2, 0.25) is 0 Å². The number of hydrogen-bond acceptors (Lipinski definition) is 3. The zero-order valence-electron chi connectivity index (χ0n) is 15.4. The Morgan fingerprint density at radius 3 is 2.46 bits per heavy atom. The summed E-state index contributed by atoms with van der Waals surface area (Å²) in [4.78, 5) is 24.4. The van der Waals surface area contributed by atoms with Gasteiger partial charge >= 0.3 is 0 Å². The van der Waals surface area contributed by atoms with Crippen molar-refractivity contribution in [2.75, 3.05) is 10.6 Å². The van der Waals surface area contributed by atoms with Gasteiger partial charge in [-0.05, 0) is 43.4 Å². The minimum atomic E-state index is -0.620. The number of rotatable bonds is 6. The van der Waals surface area contributed by atoms with Crippen molar-refractivity contribution in [3.8, 4) is 0 Å². The molecule has 0 aliphatic heterocycles. The van der Waals surface area contributed by atoms with Gasteiger partial charge in [0.1, 0.15) is 5.82 Å². The minimum absolute atomic E-state index is 0. The molecule has 1 aromatic carbocycles. The largest absolute Gasteiger partial charge is 0.325 e. The van der Waals surface area contributed by atoms with Crippen molar-refractivity contribution in [2.24, 2.45) is 17.6 Å². The normalized spacial score (nSPS) is 15.9. The lowest BCUT2D eigenvalue weighted by Gasteiger charge is -2.21. The number of carbonyl (C=O) groups excluding carboxylic acids is 2. The van der Waals surface area contributed by atoms with Gasteiger partial charge in [0, 0.05) is 11.6 Å². The first-order valence-corrected chi connectivity index (χ1v) is 9.03. The monoisotopic (exact) mass is 385 g/mol. The number of nitrogens with one attached hydrogen (secondary N) is 2. The molecule has 1 fully saturated rings. The Kier molecular flexibility index (Phi) is 9.02. The van der Waals surface area contributed by atoms with E-state index in [1.165, 1.54) is 18.2 Å². The van der Waals surface area contributed by atoms with Crippen LogP contribution in [0.5, 0.6) is 0 Å². The van der Waals surface area contributed by atoms with E-state index in [2.05, 4.69) is 10.6 Å². The van der Waals surface area contributed by atoms with Crippen molar-refractivity contribution in [2.45, 2.75) is 58.4 Å². The predicted molar refractivity (Wildman–Crippen MR) is 105 cm³/mol. The van der Waals surface area contributed by atoms with E-state index in [0.29, 0.717) is 18.0 Å². The maximum absolute atomic E-state index is 14.0. The van der Waals surface area contributed by atoms with E-state index in [4.69, 9.17) is 5.73 Å². The molecule has 7 heteroatoms. The summed E-state index contributed by atoms with van der Waals surface area (Å²) in [6.07, 6.45) is 5.46. The molecule has 2 rings (SSSR count).